The molecule has 108 valence electrons. The van der Waals surface area contributed by atoms with E-state index in [1.807, 2.05) is 6.92 Å². The summed E-state index contributed by atoms with van der Waals surface area (Å²) in [5.41, 5.74) is -0.682. The SMILES string of the molecule is CCCCCC1CC(C)=NC1(C(=O)OC)C(=O)OC. The van der Waals surface area contributed by atoms with Gasteiger partial charge in [0.15, 0.2) is 0 Å². The normalized spacial score (nSPS) is 20.8. The number of esters is 2. The topological polar surface area (TPSA) is 65.0 Å². The third-order valence-electron chi connectivity index (χ3n) is 3.65. The summed E-state index contributed by atoms with van der Waals surface area (Å²) in [6.07, 6.45) is 4.57. The number of unbranched alkanes of at least 4 members (excludes halogenated alkanes) is 2. The number of aliphatic imine (C=N–C) groups is 1. The molecule has 0 saturated heterocycles. The van der Waals surface area contributed by atoms with E-state index in [1.54, 1.807) is 0 Å². The van der Waals surface area contributed by atoms with Gasteiger partial charge in [-0.3, -0.25) is 4.99 Å². The van der Waals surface area contributed by atoms with Gasteiger partial charge in [-0.2, -0.15) is 0 Å². The van der Waals surface area contributed by atoms with E-state index in [0.717, 1.165) is 31.4 Å². The maximum Gasteiger partial charge on any atom is 0.345 e. The summed E-state index contributed by atoms with van der Waals surface area (Å²) in [5.74, 6) is -1.38. The Morgan fingerprint density at radius 3 is 2.32 bits per heavy atom. The van der Waals surface area contributed by atoms with Crippen LogP contribution in [0.1, 0.15) is 46.0 Å². The first-order valence-corrected chi connectivity index (χ1v) is 6.75. The third-order valence-corrected chi connectivity index (χ3v) is 3.65. The fraction of sp³-hybridized carbons (Fsp3) is 0.786. The van der Waals surface area contributed by atoms with E-state index >= 15 is 0 Å². The molecule has 0 aromatic heterocycles. The van der Waals surface area contributed by atoms with Gasteiger partial charge in [-0.25, -0.2) is 9.59 Å². The second-order valence-electron chi connectivity index (χ2n) is 4.99. The van der Waals surface area contributed by atoms with Gasteiger partial charge in [0.25, 0.3) is 5.54 Å². The van der Waals surface area contributed by atoms with Crippen molar-refractivity contribution in [3.8, 4) is 0 Å². The van der Waals surface area contributed by atoms with Gasteiger partial charge in [0.2, 0.25) is 0 Å². The largest absolute Gasteiger partial charge is 0.467 e. The van der Waals surface area contributed by atoms with Crippen LogP contribution in [0.4, 0.5) is 0 Å². The third kappa shape index (κ3) is 2.96. The minimum Gasteiger partial charge on any atom is -0.467 e. The van der Waals surface area contributed by atoms with Crippen molar-refractivity contribution >= 4 is 17.7 Å². The lowest BCUT2D eigenvalue weighted by Crippen LogP contribution is -2.50. The molecular weight excluding hydrogens is 246 g/mol. The fourth-order valence-electron chi connectivity index (χ4n) is 2.71. The Morgan fingerprint density at radius 1 is 1.26 bits per heavy atom. The van der Waals surface area contributed by atoms with Gasteiger partial charge in [-0.05, 0) is 19.8 Å². The highest BCUT2D eigenvalue weighted by atomic mass is 16.5. The number of carbonyl (C=O) groups excluding carboxylic acids is 2. The molecule has 19 heavy (non-hydrogen) atoms. The van der Waals surface area contributed by atoms with E-state index in [9.17, 15) is 9.59 Å². The molecule has 0 saturated carbocycles. The van der Waals surface area contributed by atoms with E-state index < -0.39 is 17.5 Å². The first-order valence-electron chi connectivity index (χ1n) is 6.75. The van der Waals surface area contributed by atoms with Crippen LogP contribution < -0.4 is 0 Å². The quantitative estimate of drug-likeness (QED) is 0.421. The van der Waals surface area contributed by atoms with Gasteiger partial charge in [-0.15, -0.1) is 0 Å². The van der Waals surface area contributed by atoms with Crippen LogP contribution in [-0.4, -0.2) is 37.4 Å². The summed E-state index contributed by atoms with van der Waals surface area (Å²) in [6, 6.07) is 0. The van der Waals surface area contributed by atoms with Crippen LogP contribution >= 0.6 is 0 Å². The Morgan fingerprint density at radius 2 is 1.84 bits per heavy atom. The van der Waals surface area contributed by atoms with Crippen molar-refractivity contribution in [3.63, 3.8) is 0 Å². The first kappa shape index (κ1) is 15.7. The predicted octanol–water partition coefficient (Wildman–Crippen LogP) is 2.13. The van der Waals surface area contributed by atoms with Crippen molar-refractivity contribution in [1.29, 1.82) is 0 Å². The summed E-state index contributed by atoms with van der Waals surface area (Å²) in [5, 5.41) is 0. The number of nitrogens with zero attached hydrogens (tertiary/aromatic N) is 1. The molecule has 1 unspecified atom stereocenters. The van der Waals surface area contributed by atoms with Gasteiger partial charge < -0.3 is 9.47 Å². The number of rotatable bonds is 6. The lowest BCUT2D eigenvalue weighted by Gasteiger charge is -2.27. The molecule has 0 aliphatic carbocycles. The molecule has 1 heterocycles. The molecule has 0 aromatic rings. The smallest absolute Gasteiger partial charge is 0.345 e. The first-order chi connectivity index (χ1) is 9.02. The van der Waals surface area contributed by atoms with Crippen molar-refractivity contribution in [2.45, 2.75) is 51.5 Å². The molecule has 0 N–H and O–H groups in total. The molecule has 5 heteroatoms. The van der Waals surface area contributed by atoms with Gasteiger partial charge in [-0.1, -0.05) is 26.2 Å². The van der Waals surface area contributed by atoms with E-state index in [0.29, 0.717) is 6.42 Å². The van der Waals surface area contributed by atoms with E-state index in [1.165, 1.54) is 14.2 Å². The van der Waals surface area contributed by atoms with Gasteiger partial charge in [0.1, 0.15) is 0 Å². The monoisotopic (exact) mass is 269 g/mol. The summed E-state index contributed by atoms with van der Waals surface area (Å²) >= 11 is 0. The van der Waals surface area contributed by atoms with Crippen LogP contribution in [0.2, 0.25) is 0 Å². The fourth-order valence-corrected chi connectivity index (χ4v) is 2.71. The Labute approximate surface area is 114 Å². The molecule has 0 aromatic carbocycles. The Balaban J connectivity index is 3.02. The Kier molecular flexibility index (Phi) is 5.51. The molecule has 1 atom stereocenters. The van der Waals surface area contributed by atoms with E-state index in [-0.39, 0.29) is 5.92 Å². The number of hydrogen-bond donors (Lipinski definition) is 0. The maximum absolute atomic E-state index is 12.1. The molecule has 1 rings (SSSR count). The van der Waals surface area contributed by atoms with Crippen LogP contribution in [0.5, 0.6) is 0 Å². The van der Waals surface area contributed by atoms with E-state index in [4.69, 9.17) is 9.47 Å². The second kappa shape index (κ2) is 6.68. The molecule has 0 spiro atoms. The summed E-state index contributed by atoms with van der Waals surface area (Å²) in [6.45, 7) is 3.95. The zero-order valence-corrected chi connectivity index (χ0v) is 12.2. The zero-order chi connectivity index (χ0) is 14.5. The lowest BCUT2D eigenvalue weighted by molar-refractivity contribution is -0.163. The molecule has 0 radical (unpaired) electrons. The van der Waals surface area contributed by atoms with Crippen LogP contribution in [0.3, 0.4) is 0 Å². The van der Waals surface area contributed by atoms with Crippen LogP contribution in [0.15, 0.2) is 4.99 Å². The lowest BCUT2D eigenvalue weighted by atomic mass is 9.80. The van der Waals surface area contributed by atoms with Crippen molar-refractivity contribution in [1.82, 2.24) is 0 Å². The Bertz CT molecular complexity index is 360. The van der Waals surface area contributed by atoms with Crippen LogP contribution in [0, 0.1) is 5.92 Å². The highest BCUT2D eigenvalue weighted by Gasteiger charge is 2.57. The second-order valence-corrected chi connectivity index (χ2v) is 4.99. The summed E-state index contributed by atoms with van der Waals surface area (Å²) < 4.78 is 9.60. The van der Waals surface area contributed by atoms with Crippen molar-refractivity contribution in [2.24, 2.45) is 10.9 Å². The number of hydrogen-bond acceptors (Lipinski definition) is 5. The minimum atomic E-state index is -1.48. The molecular formula is C14H23NO4. The minimum absolute atomic E-state index is 0.154. The standard InChI is InChI=1S/C14H23NO4/c1-5-6-7-8-11-9-10(2)15-14(11,12(16)18-3)13(17)19-4/h11H,5-9H2,1-4H3. The molecule has 1 aliphatic heterocycles. The van der Waals surface area contributed by atoms with Gasteiger partial charge in [0, 0.05) is 11.6 Å². The molecule has 5 nitrogen and oxygen atoms in total. The van der Waals surface area contributed by atoms with Crippen molar-refractivity contribution in [2.75, 3.05) is 14.2 Å². The average Bonchev–Trinajstić information content (AvgIpc) is 2.75. The molecule has 1 aliphatic rings. The van der Waals surface area contributed by atoms with Crippen molar-refractivity contribution < 1.29 is 19.1 Å². The highest BCUT2D eigenvalue weighted by molar-refractivity contribution is 6.10. The Hall–Kier alpha value is -1.39. The molecule has 0 amide bonds. The van der Waals surface area contributed by atoms with Crippen LogP contribution in [0.25, 0.3) is 0 Å². The zero-order valence-electron chi connectivity index (χ0n) is 12.2. The number of methoxy groups -OCH3 is 2. The van der Waals surface area contributed by atoms with E-state index in [2.05, 4.69) is 11.9 Å². The number of carbonyl (C=O) groups is 2. The average molecular weight is 269 g/mol. The van der Waals surface area contributed by atoms with Crippen molar-refractivity contribution in [3.05, 3.63) is 0 Å². The predicted molar refractivity (Wildman–Crippen MR) is 72.1 cm³/mol. The number of ether oxygens (including phenoxy) is 2. The van der Waals surface area contributed by atoms with Gasteiger partial charge in [0.05, 0.1) is 14.2 Å². The van der Waals surface area contributed by atoms with Gasteiger partial charge >= 0.3 is 11.9 Å². The molecule has 0 fully saturated rings. The molecule has 0 bridgehead atoms. The summed E-state index contributed by atoms with van der Waals surface area (Å²) in [7, 11) is 2.55. The maximum atomic E-state index is 12.1. The highest BCUT2D eigenvalue weighted by Crippen LogP contribution is 2.38. The van der Waals surface area contributed by atoms with Crippen LogP contribution in [-0.2, 0) is 19.1 Å². The summed E-state index contributed by atoms with van der Waals surface area (Å²) in [4.78, 5) is 28.5.